The highest BCUT2D eigenvalue weighted by atomic mass is 16.3. The Bertz CT molecular complexity index is 160. The monoisotopic (exact) mass is 187 g/mol. The van der Waals surface area contributed by atoms with Crippen LogP contribution >= 0.6 is 0 Å². The first-order chi connectivity index (χ1) is 5.99. The Kier molecular flexibility index (Phi) is 3.33. The maximum Gasteiger partial charge on any atom is 0.0593 e. The summed E-state index contributed by atoms with van der Waals surface area (Å²) in [6.45, 7) is 3.51. The van der Waals surface area contributed by atoms with Gasteiger partial charge in [-0.05, 0) is 33.1 Å². The zero-order chi connectivity index (χ0) is 10.1. The number of aliphatic hydroxyl groups is 2. The molecule has 0 aromatic rings. The maximum absolute atomic E-state index is 9.70. The van der Waals surface area contributed by atoms with Gasteiger partial charge in [-0.2, -0.15) is 0 Å². The lowest BCUT2D eigenvalue weighted by molar-refractivity contribution is -0.0802. The fourth-order valence-electron chi connectivity index (χ4n) is 2.49. The van der Waals surface area contributed by atoms with Crippen LogP contribution in [0.5, 0.6) is 0 Å². The van der Waals surface area contributed by atoms with Gasteiger partial charge in [-0.1, -0.05) is 6.42 Å². The summed E-state index contributed by atoms with van der Waals surface area (Å²) in [6.07, 6.45) is 2.70. The van der Waals surface area contributed by atoms with Crippen molar-refractivity contribution in [2.45, 2.75) is 57.8 Å². The van der Waals surface area contributed by atoms with Crippen LogP contribution in [0.15, 0.2) is 0 Å². The Hall–Kier alpha value is -0.120. The molecule has 3 unspecified atom stereocenters. The highest BCUT2D eigenvalue weighted by Gasteiger charge is 2.43. The Balaban J connectivity index is 2.77. The maximum atomic E-state index is 9.70. The lowest BCUT2D eigenvalue weighted by Crippen LogP contribution is -2.49. The van der Waals surface area contributed by atoms with Crippen LogP contribution in [0.1, 0.15) is 39.5 Å². The van der Waals surface area contributed by atoms with E-state index in [-0.39, 0.29) is 11.5 Å². The standard InChI is InChI=1S/C10H21NO2/c1-7(12)10(8(2)13)5-3-4-9(11)6-10/h7-9,12-13H,3-6,11H2,1-2H3. The van der Waals surface area contributed by atoms with E-state index >= 15 is 0 Å². The fraction of sp³-hybridized carbons (Fsp3) is 1.00. The van der Waals surface area contributed by atoms with Crippen molar-refractivity contribution < 1.29 is 10.2 Å². The topological polar surface area (TPSA) is 66.5 Å². The van der Waals surface area contributed by atoms with Crippen molar-refractivity contribution in [3.63, 3.8) is 0 Å². The second-order valence-corrected chi connectivity index (χ2v) is 4.44. The molecule has 0 amide bonds. The Labute approximate surface area is 79.9 Å². The van der Waals surface area contributed by atoms with Crippen LogP contribution in [-0.2, 0) is 0 Å². The highest BCUT2D eigenvalue weighted by molar-refractivity contribution is 4.95. The molecule has 13 heavy (non-hydrogen) atoms. The molecule has 0 saturated heterocycles. The van der Waals surface area contributed by atoms with E-state index < -0.39 is 12.2 Å². The molecule has 0 aliphatic heterocycles. The van der Waals surface area contributed by atoms with Gasteiger partial charge in [0.25, 0.3) is 0 Å². The molecule has 3 nitrogen and oxygen atoms in total. The third kappa shape index (κ3) is 2.03. The van der Waals surface area contributed by atoms with Crippen molar-refractivity contribution in [1.29, 1.82) is 0 Å². The number of aliphatic hydroxyl groups excluding tert-OH is 2. The van der Waals surface area contributed by atoms with E-state index in [9.17, 15) is 10.2 Å². The number of hydrogen-bond donors (Lipinski definition) is 3. The Morgan fingerprint density at radius 3 is 2.15 bits per heavy atom. The second kappa shape index (κ2) is 3.95. The van der Waals surface area contributed by atoms with E-state index in [0.717, 1.165) is 25.7 Å². The molecule has 1 aliphatic carbocycles. The molecule has 0 aromatic heterocycles. The Morgan fingerprint density at radius 2 is 1.85 bits per heavy atom. The first-order valence-electron chi connectivity index (χ1n) is 5.11. The summed E-state index contributed by atoms with van der Waals surface area (Å²) in [5.41, 5.74) is 5.50. The molecule has 0 aromatic carbocycles. The minimum absolute atomic E-state index is 0.137. The smallest absolute Gasteiger partial charge is 0.0593 e. The summed E-state index contributed by atoms with van der Waals surface area (Å²) in [5.74, 6) is 0. The van der Waals surface area contributed by atoms with Crippen molar-refractivity contribution in [2.24, 2.45) is 11.1 Å². The molecule has 1 rings (SSSR count). The lowest BCUT2D eigenvalue weighted by Gasteiger charge is -2.44. The summed E-state index contributed by atoms with van der Waals surface area (Å²) in [7, 11) is 0. The lowest BCUT2D eigenvalue weighted by atomic mass is 9.66. The van der Waals surface area contributed by atoms with Gasteiger partial charge in [0.1, 0.15) is 0 Å². The molecule has 1 aliphatic rings. The molecule has 1 saturated carbocycles. The van der Waals surface area contributed by atoms with Crippen LogP contribution < -0.4 is 5.73 Å². The zero-order valence-electron chi connectivity index (χ0n) is 8.53. The molecule has 0 radical (unpaired) electrons. The van der Waals surface area contributed by atoms with Gasteiger partial charge in [-0.15, -0.1) is 0 Å². The largest absolute Gasteiger partial charge is 0.393 e. The molecule has 3 atom stereocenters. The number of hydrogen-bond acceptors (Lipinski definition) is 3. The normalized spacial score (nSPS) is 39.9. The van der Waals surface area contributed by atoms with Gasteiger partial charge in [0.2, 0.25) is 0 Å². The third-order valence-corrected chi connectivity index (χ3v) is 3.52. The summed E-state index contributed by atoms with van der Waals surface area (Å²) in [5, 5.41) is 19.4. The van der Waals surface area contributed by atoms with Gasteiger partial charge in [-0.3, -0.25) is 0 Å². The fourth-order valence-corrected chi connectivity index (χ4v) is 2.49. The van der Waals surface area contributed by atoms with Gasteiger partial charge >= 0.3 is 0 Å². The molecular formula is C10H21NO2. The van der Waals surface area contributed by atoms with Crippen LogP contribution in [0.2, 0.25) is 0 Å². The minimum atomic E-state index is -0.473. The summed E-state index contributed by atoms with van der Waals surface area (Å²) < 4.78 is 0. The van der Waals surface area contributed by atoms with E-state index in [1.54, 1.807) is 13.8 Å². The van der Waals surface area contributed by atoms with Gasteiger partial charge in [0.15, 0.2) is 0 Å². The third-order valence-electron chi connectivity index (χ3n) is 3.52. The van der Waals surface area contributed by atoms with E-state index in [1.165, 1.54) is 0 Å². The molecule has 78 valence electrons. The first-order valence-corrected chi connectivity index (χ1v) is 5.11. The van der Waals surface area contributed by atoms with Gasteiger partial charge in [-0.25, -0.2) is 0 Å². The van der Waals surface area contributed by atoms with Crippen molar-refractivity contribution in [3.8, 4) is 0 Å². The summed E-state index contributed by atoms with van der Waals surface area (Å²) in [6, 6.07) is 0.137. The first kappa shape index (κ1) is 11.0. The summed E-state index contributed by atoms with van der Waals surface area (Å²) in [4.78, 5) is 0. The second-order valence-electron chi connectivity index (χ2n) is 4.44. The molecule has 0 bridgehead atoms. The Morgan fingerprint density at radius 1 is 1.31 bits per heavy atom. The number of nitrogens with two attached hydrogens (primary N) is 1. The van der Waals surface area contributed by atoms with Gasteiger partial charge < -0.3 is 15.9 Å². The highest BCUT2D eigenvalue weighted by Crippen LogP contribution is 2.41. The van der Waals surface area contributed by atoms with Crippen LogP contribution in [0.4, 0.5) is 0 Å². The molecule has 4 N–H and O–H groups in total. The average molecular weight is 187 g/mol. The van der Waals surface area contributed by atoms with Gasteiger partial charge in [0, 0.05) is 11.5 Å². The van der Waals surface area contributed by atoms with Crippen molar-refractivity contribution in [1.82, 2.24) is 0 Å². The SMILES string of the molecule is CC(O)C1(C(C)O)CCCC(N)C1. The van der Waals surface area contributed by atoms with Crippen LogP contribution in [0.25, 0.3) is 0 Å². The molecule has 0 spiro atoms. The van der Waals surface area contributed by atoms with E-state index in [0.29, 0.717) is 0 Å². The quantitative estimate of drug-likeness (QED) is 0.594. The van der Waals surface area contributed by atoms with E-state index in [2.05, 4.69) is 0 Å². The molecule has 1 fully saturated rings. The molecular weight excluding hydrogens is 166 g/mol. The van der Waals surface area contributed by atoms with Gasteiger partial charge in [0.05, 0.1) is 12.2 Å². The predicted molar refractivity (Wildman–Crippen MR) is 52.2 cm³/mol. The predicted octanol–water partition coefficient (Wildman–Crippen LogP) is 0.636. The van der Waals surface area contributed by atoms with E-state index in [4.69, 9.17) is 5.73 Å². The molecule has 0 heterocycles. The zero-order valence-corrected chi connectivity index (χ0v) is 8.53. The van der Waals surface area contributed by atoms with E-state index in [1.807, 2.05) is 0 Å². The molecule has 3 heteroatoms. The minimum Gasteiger partial charge on any atom is -0.393 e. The van der Waals surface area contributed by atoms with Crippen LogP contribution in [0, 0.1) is 5.41 Å². The van der Waals surface area contributed by atoms with Crippen molar-refractivity contribution in [3.05, 3.63) is 0 Å². The number of rotatable bonds is 2. The average Bonchev–Trinajstić information content (AvgIpc) is 2.03. The van der Waals surface area contributed by atoms with Crippen molar-refractivity contribution >= 4 is 0 Å². The van der Waals surface area contributed by atoms with Crippen molar-refractivity contribution in [2.75, 3.05) is 0 Å². The van der Waals surface area contributed by atoms with Crippen LogP contribution in [0.3, 0.4) is 0 Å². The summed E-state index contributed by atoms with van der Waals surface area (Å²) >= 11 is 0. The van der Waals surface area contributed by atoms with Crippen LogP contribution in [-0.4, -0.2) is 28.5 Å².